The van der Waals surface area contributed by atoms with Crippen LogP contribution in [0.15, 0.2) is 6.07 Å². The van der Waals surface area contributed by atoms with E-state index in [9.17, 15) is 10.1 Å². The third-order valence-corrected chi connectivity index (χ3v) is 4.91. The Kier molecular flexibility index (Phi) is 7.61. The molecular weight excluding hydrogens is 340 g/mol. The Hall–Kier alpha value is -2.13. The number of carbonyl (C=O) groups excluding carboxylic acids is 1. The molecule has 6 nitrogen and oxygen atoms in total. The van der Waals surface area contributed by atoms with Crippen LogP contribution in [0, 0.1) is 31.1 Å². The van der Waals surface area contributed by atoms with Gasteiger partial charge in [-0.15, -0.1) is 0 Å². The third kappa shape index (κ3) is 5.67. The molecule has 1 heterocycles. The van der Waals surface area contributed by atoms with E-state index < -0.39 is 0 Å². The van der Waals surface area contributed by atoms with Gasteiger partial charge in [-0.25, -0.2) is 4.98 Å². The molecule has 1 amide bonds. The monoisotopic (exact) mass is 372 g/mol. The molecule has 1 aromatic heterocycles. The summed E-state index contributed by atoms with van der Waals surface area (Å²) in [5.41, 5.74) is 2.38. The number of ether oxygens (including phenoxy) is 1. The minimum atomic E-state index is -0.0734. The Morgan fingerprint density at radius 2 is 2.15 bits per heavy atom. The number of hydrogen-bond acceptors (Lipinski definition) is 5. The second-order valence-corrected chi connectivity index (χ2v) is 7.75. The highest BCUT2D eigenvalue weighted by molar-refractivity contribution is 5.79. The van der Waals surface area contributed by atoms with E-state index in [0.717, 1.165) is 30.5 Å². The summed E-state index contributed by atoms with van der Waals surface area (Å²) in [6.45, 7) is 10.5. The minimum Gasteiger partial charge on any atom is -0.376 e. The Labute approximate surface area is 162 Å². The molecule has 6 heteroatoms. The lowest BCUT2D eigenvalue weighted by molar-refractivity contribution is -0.128. The largest absolute Gasteiger partial charge is 0.376 e. The zero-order valence-corrected chi connectivity index (χ0v) is 17.1. The summed E-state index contributed by atoms with van der Waals surface area (Å²) < 4.78 is 6.08. The van der Waals surface area contributed by atoms with Gasteiger partial charge in [-0.3, -0.25) is 4.79 Å². The minimum absolute atomic E-state index is 0.0325. The Morgan fingerprint density at radius 1 is 1.41 bits per heavy atom. The summed E-state index contributed by atoms with van der Waals surface area (Å²) in [5.74, 6) is 0.695. The van der Waals surface area contributed by atoms with Crippen LogP contribution in [0.1, 0.15) is 63.3 Å². The van der Waals surface area contributed by atoms with E-state index in [-0.39, 0.29) is 30.0 Å². The quantitative estimate of drug-likeness (QED) is 0.765. The van der Waals surface area contributed by atoms with E-state index in [1.54, 1.807) is 0 Å². The molecule has 1 aliphatic rings. The Morgan fingerprint density at radius 3 is 2.78 bits per heavy atom. The highest BCUT2D eigenvalue weighted by Crippen LogP contribution is 2.30. The molecule has 148 valence electrons. The van der Waals surface area contributed by atoms with Gasteiger partial charge >= 0.3 is 0 Å². The van der Waals surface area contributed by atoms with Crippen LogP contribution in [0.4, 0.5) is 5.82 Å². The maximum Gasteiger partial charge on any atom is 0.223 e. The van der Waals surface area contributed by atoms with E-state index >= 15 is 0 Å². The molecule has 0 saturated heterocycles. The highest BCUT2D eigenvalue weighted by Gasteiger charge is 2.35. The average Bonchev–Trinajstić information content (AvgIpc) is 2.59. The van der Waals surface area contributed by atoms with Gasteiger partial charge in [0.05, 0.1) is 17.7 Å². The predicted molar refractivity (Wildman–Crippen MR) is 106 cm³/mol. The Bertz CT molecular complexity index is 696. The summed E-state index contributed by atoms with van der Waals surface area (Å²) in [6.07, 6.45) is 3.15. The molecule has 0 aromatic carbocycles. The van der Waals surface area contributed by atoms with Crippen molar-refractivity contribution in [3.05, 3.63) is 22.9 Å². The highest BCUT2D eigenvalue weighted by atomic mass is 16.5. The van der Waals surface area contributed by atoms with Crippen LogP contribution in [0.2, 0.25) is 0 Å². The van der Waals surface area contributed by atoms with Crippen molar-refractivity contribution < 1.29 is 9.53 Å². The fourth-order valence-corrected chi connectivity index (χ4v) is 3.65. The molecule has 0 bridgehead atoms. The number of aromatic nitrogens is 1. The molecule has 2 rings (SSSR count). The maximum atomic E-state index is 12.4. The van der Waals surface area contributed by atoms with E-state index in [0.29, 0.717) is 24.4 Å². The molecule has 1 aliphatic carbocycles. The molecule has 0 radical (unpaired) electrons. The summed E-state index contributed by atoms with van der Waals surface area (Å²) >= 11 is 0. The van der Waals surface area contributed by atoms with Crippen LogP contribution in [-0.2, 0) is 9.53 Å². The van der Waals surface area contributed by atoms with Crippen LogP contribution in [0.3, 0.4) is 0 Å². The van der Waals surface area contributed by atoms with Gasteiger partial charge in [0.15, 0.2) is 0 Å². The normalized spacial score (nSPS) is 22.3. The number of aryl methyl sites for hydroxylation is 2. The molecule has 0 unspecified atom stereocenters. The summed E-state index contributed by atoms with van der Waals surface area (Å²) in [6, 6.07) is 4.36. The van der Waals surface area contributed by atoms with Crippen molar-refractivity contribution in [2.24, 2.45) is 5.92 Å². The van der Waals surface area contributed by atoms with Crippen molar-refractivity contribution in [3.8, 4) is 6.07 Å². The second-order valence-electron chi connectivity index (χ2n) is 7.75. The van der Waals surface area contributed by atoms with Gasteiger partial charge in [-0.1, -0.05) is 6.92 Å². The standard InChI is InChI=1S/C21H32N4O2/c1-6-9-27-19-11-16(21(26)23-13(2)3)7-8-18(19)25-20-17(12-22)14(4)10-15(5)24-20/h10,13,16,18-19H,6-9,11H2,1-5H3,(H,23,26)(H,24,25)/t16-,18+,19+/m0/s1. The first kappa shape index (κ1) is 21.2. The molecule has 1 fully saturated rings. The van der Waals surface area contributed by atoms with Gasteiger partial charge in [-0.2, -0.15) is 5.26 Å². The molecule has 0 aliphatic heterocycles. The lowest BCUT2D eigenvalue weighted by Gasteiger charge is -2.36. The predicted octanol–water partition coefficient (Wildman–Crippen LogP) is 3.47. The van der Waals surface area contributed by atoms with Crippen LogP contribution >= 0.6 is 0 Å². The van der Waals surface area contributed by atoms with Crippen molar-refractivity contribution in [3.63, 3.8) is 0 Å². The van der Waals surface area contributed by atoms with Gasteiger partial charge in [0, 0.05) is 24.3 Å². The lowest BCUT2D eigenvalue weighted by Crippen LogP contribution is -2.46. The third-order valence-electron chi connectivity index (χ3n) is 4.91. The number of pyridine rings is 1. The molecule has 2 N–H and O–H groups in total. The van der Waals surface area contributed by atoms with Crippen LogP contribution in [0.25, 0.3) is 0 Å². The number of carbonyl (C=O) groups is 1. The first-order valence-corrected chi connectivity index (χ1v) is 9.92. The first-order chi connectivity index (χ1) is 12.8. The number of anilines is 1. The lowest BCUT2D eigenvalue weighted by atomic mass is 9.83. The van der Waals surface area contributed by atoms with Crippen LogP contribution < -0.4 is 10.6 Å². The zero-order chi connectivity index (χ0) is 20.0. The smallest absolute Gasteiger partial charge is 0.223 e. The van der Waals surface area contributed by atoms with Crippen molar-refractivity contribution in [2.45, 2.75) is 78.5 Å². The van der Waals surface area contributed by atoms with E-state index in [1.165, 1.54) is 0 Å². The summed E-state index contributed by atoms with van der Waals surface area (Å²) in [4.78, 5) is 17.0. The van der Waals surface area contributed by atoms with E-state index in [4.69, 9.17) is 4.74 Å². The second kappa shape index (κ2) is 9.70. The summed E-state index contributed by atoms with van der Waals surface area (Å²) in [5, 5.41) is 16.0. The molecule has 1 saturated carbocycles. The first-order valence-electron chi connectivity index (χ1n) is 9.92. The van der Waals surface area contributed by atoms with Gasteiger partial charge in [0.2, 0.25) is 5.91 Å². The fourth-order valence-electron chi connectivity index (χ4n) is 3.65. The maximum absolute atomic E-state index is 12.4. The average molecular weight is 373 g/mol. The van der Waals surface area contributed by atoms with Gasteiger partial charge in [0.1, 0.15) is 11.9 Å². The van der Waals surface area contributed by atoms with Gasteiger partial charge in [-0.05, 0) is 65.0 Å². The molecule has 0 spiro atoms. The van der Waals surface area contributed by atoms with Crippen molar-refractivity contribution in [1.82, 2.24) is 10.3 Å². The molecule has 27 heavy (non-hydrogen) atoms. The number of hydrogen-bond donors (Lipinski definition) is 2. The number of nitrogens with zero attached hydrogens (tertiary/aromatic N) is 2. The van der Waals surface area contributed by atoms with Crippen molar-refractivity contribution in [2.75, 3.05) is 11.9 Å². The molecule has 3 atom stereocenters. The van der Waals surface area contributed by atoms with Crippen molar-refractivity contribution >= 4 is 11.7 Å². The summed E-state index contributed by atoms with van der Waals surface area (Å²) in [7, 11) is 0. The molecule has 1 aromatic rings. The van der Waals surface area contributed by atoms with Crippen molar-refractivity contribution in [1.29, 1.82) is 5.26 Å². The number of nitriles is 1. The van der Waals surface area contributed by atoms with E-state index in [2.05, 4.69) is 28.6 Å². The van der Waals surface area contributed by atoms with Gasteiger partial charge in [0.25, 0.3) is 0 Å². The van der Waals surface area contributed by atoms with Crippen LogP contribution in [0.5, 0.6) is 0 Å². The number of amides is 1. The number of nitrogens with one attached hydrogen (secondary N) is 2. The van der Waals surface area contributed by atoms with Crippen LogP contribution in [-0.4, -0.2) is 35.7 Å². The number of rotatable bonds is 7. The van der Waals surface area contributed by atoms with Gasteiger partial charge < -0.3 is 15.4 Å². The zero-order valence-electron chi connectivity index (χ0n) is 17.1. The molecular formula is C21H32N4O2. The van der Waals surface area contributed by atoms with E-state index in [1.807, 2.05) is 33.8 Å². The fraction of sp³-hybridized carbons (Fsp3) is 0.667. The topological polar surface area (TPSA) is 87.0 Å². The SMILES string of the molecule is CCCO[C@@H]1C[C@@H](C(=O)NC(C)C)CC[C@H]1Nc1nc(C)cc(C)c1C#N. The Balaban J connectivity index is 2.16.